The van der Waals surface area contributed by atoms with Gasteiger partial charge in [0, 0.05) is 11.9 Å². The topological polar surface area (TPSA) is 81.1 Å². The lowest BCUT2D eigenvalue weighted by atomic mass is 10.1. The van der Waals surface area contributed by atoms with E-state index >= 15 is 0 Å². The number of nitrogens with one attached hydrogen (secondary N) is 1. The minimum Gasteiger partial charge on any atom is -0.325 e. The number of halogens is 6. The van der Waals surface area contributed by atoms with Gasteiger partial charge in [-0.1, -0.05) is 12.1 Å². The maximum absolute atomic E-state index is 13.0. The number of benzene rings is 2. The summed E-state index contributed by atoms with van der Waals surface area (Å²) in [6.45, 7) is -0.580. The molecule has 172 valence electrons. The number of imidazole rings is 1. The highest BCUT2D eigenvalue weighted by Crippen LogP contribution is 2.37. The quantitative estimate of drug-likeness (QED) is 0.555. The third-order valence-electron chi connectivity index (χ3n) is 4.30. The molecular weight excluding hydrogens is 464 g/mol. The molecule has 0 unspecified atom stereocenters. The highest BCUT2D eigenvalue weighted by Gasteiger charge is 2.37. The van der Waals surface area contributed by atoms with Crippen LogP contribution >= 0.6 is 0 Å². The fourth-order valence-corrected chi connectivity index (χ4v) is 3.71. The first-order chi connectivity index (χ1) is 14.6. The molecule has 0 aliphatic rings. The van der Waals surface area contributed by atoms with E-state index in [1.165, 1.54) is 4.57 Å². The van der Waals surface area contributed by atoms with Gasteiger partial charge in [-0.3, -0.25) is 4.79 Å². The largest absolute Gasteiger partial charge is 0.416 e. The van der Waals surface area contributed by atoms with Crippen LogP contribution in [0.5, 0.6) is 0 Å². The van der Waals surface area contributed by atoms with Gasteiger partial charge in [0.15, 0.2) is 9.84 Å². The Morgan fingerprint density at radius 1 is 1.00 bits per heavy atom. The van der Waals surface area contributed by atoms with Crippen LogP contribution in [0.25, 0.3) is 11.0 Å². The number of anilines is 1. The van der Waals surface area contributed by atoms with Crippen molar-refractivity contribution in [1.82, 2.24) is 9.55 Å². The molecule has 3 aromatic rings. The van der Waals surface area contributed by atoms with Gasteiger partial charge in [-0.05, 0) is 30.3 Å². The minimum atomic E-state index is -5.07. The Morgan fingerprint density at radius 3 is 2.09 bits per heavy atom. The molecule has 0 saturated carbocycles. The molecule has 0 spiro atoms. The molecule has 1 aromatic heterocycles. The molecule has 0 saturated heterocycles. The first-order valence-electron chi connectivity index (χ1n) is 8.85. The predicted octanol–water partition coefficient (Wildman–Crippen LogP) is 4.26. The number of carbonyl (C=O) groups excluding carboxylic acids is 1. The summed E-state index contributed by atoms with van der Waals surface area (Å²) in [6.07, 6.45) is -9.17. The van der Waals surface area contributed by atoms with E-state index in [-0.39, 0.29) is 11.9 Å². The molecule has 0 fully saturated rings. The molecule has 1 heterocycles. The highest BCUT2D eigenvalue weighted by molar-refractivity contribution is 7.89. The van der Waals surface area contributed by atoms with Crippen LogP contribution in [-0.4, -0.2) is 30.1 Å². The highest BCUT2D eigenvalue weighted by atomic mass is 32.2. The third-order valence-corrected chi connectivity index (χ3v) is 5.08. The van der Waals surface area contributed by atoms with Crippen LogP contribution in [0.4, 0.5) is 32.0 Å². The number of hydrogen-bond acceptors (Lipinski definition) is 4. The molecule has 0 aliphatic carbocycles. The van der Waals surface area contributed by atoms with Gasteiger partial charge in [-0.25, -0.2) is 13.4 Å². The van der Waals surface area contributed by atoms with Crippen molar-refractivity contribution in [2.75, 3.05) is 11.6 Å². The summed E-state index contributed by atoms with van der Waals surface area (Å²) in [5.74, 6) is -1.48. The lowest BCUT2D eigenvalue weighted by Gasteiger charge is -2.15. The maximum atomic E-state index is 13.0. The van der Waals surface area contributed by atoms with E-state index in [1.807, 2.05) is 5.32 Å². The summed E-state index contributed by atoms with van der Waals surface area (Å²) in [6, 6.07) is 7.07. The van der Waals surface area contributed by atoms with Gasteiger partial charge in [-0.15, -0.1) is 0 Å². The molecule has 1 N–H and O–H groups in total. The summed E-state index contributed by atoms with van der Waals surface area (Å²) >= 11 is 0. The number of alkyl halides is 6. The van der Waals surface area contributed by atoms with Crippen molar-refractivity contribution in [3.8, 4) is 0 Å². The first kappa shape index (κ1) is 23.6. The number of nitrogens with zero attached hydrogens (tertiary/aromatic N) is 2. The van der Waals surface area contributed by atoms with E-state index in [0.717, 1.165) is 6.26 Å². The lowest BCUT2D eigenvalue weighted by molar-refractivity contribution is -0.143. The molecule has 0 radical (unpaired) electrons. The van der Waals surface area contributed by atoms with E-state index in [1.54, 1.807) is 24.3 Å². The molecule has 32 heavy (non-hydrogen) atoms. The standard InChI is InChI=1S/C19H15F6N3O3S/c1-32(30,31)10-16-27-14-4-2-3-5-15(14)28(16)9-17(29)26-13-7-11(18(20,21)22)6-12(8-13)19(23,24)25/h2-8H,9-10H2,1H3,(H,26,29). The SMILES string of the molecule is CS(=O)(=O)Cc1nc2ccccc2n1CC(=O)Nc1cc(C(F)(F)F)cc(C(F)(F)F)c1. The van der Waals surface area contributed by atoms with Crippen LogP contribution < -0.4 is 5.32 Å². The van der Waals surface area contributed by atoms with Gasteiger partial charge in [-0.2, -0.15) is 26.3 Å². The molecule has 6 nitrogen and oxygen atoms in total. The smallest absolute Gasteiger partial charge is 0.325 e. The molecule has 0 aliphatic heterocycles. The number of aromatic nitrogens is 2. The Balaban J connectivity index is 1.96. The molecular formula is C19H15F6N3O3S. The van der Waals surface area contributed by atoms with E-state index in [4.69, 9.17) is 0 Å². The van der Waals surface area contributed by atoms with Crippen LogP contribution in [0.15, 0.2) is 42.5 Å². The Hall–Kier alpha value is -3.09. The van der Waals surface area contributed by atoms with Crippen LogP contribution in [0, 0.1) is 0 Å². The van der Waals surface area contributed by atoms with Crippen molar-refractivity contribution in [3.63, 3.8) is 0 Å². The zero-order valence-electron chi connectivity index (χ0n) is 16.3. The first-order valence-corrected chi connectivity index (χ1v) is 10.9. The van der Waals surface area contributed by atoms with Gasteiger partial charge in [0.25, 0.3) is 0 Å². The van der Waals surface area contributed by atoms with Crippen molar-refractivity contribution >= 4 is 32.5 Å². The number of carbonyl (C=O) groups is 1. The van der Waals surface area contributed by atoms with Crippen molar-refractivity contribution in [2.24, 2.45) is 0 Å². The van der Waals surface area contributed by atoms with Crippen molar-refractivity contribution in [2.45, 2.75) is 24.7 Å². The second-order valence-electron chi connectivity index (χ2n) is 7.02. The zero-order valence-corrected chi connectivity index (χ0v) is 17.1. The molecule has 13 heteroatoms. The monoisotopic (exact) mass is 479 g/mol. The number of hydrogen-bond donors (Lipinski definition) is 1. The van der Waals surface area contributed by atoms with Gasteiger partial charge in [0.1, 0.15) is 18.1 Å². The summed E-state index contributed by atoms with van der Waals surface area (Å²) in [5, 5.41) is 2.02. The van der Waals surface area contributed by atoms with E-state index in [9.17, 15) is 39.6 Å². The maximum Gasteiger partial charge on any atom is 0.416 e. The summed E-state index contributed by atoms with van der Waals surface area (Å²) < 4.78 is 103. The Bertz CT molecular complexity index is 1250. The second-order valence-corrected chi connectivity index (χ2v) is 9.16. The number of amides is 1. The Morgan fingerprint density at radius 2 is 1.56 bits per heavy atom. The van der Waals surface area contributed by atoms with Gasteiger partial charge < -0.3 is 9.88 Å². The molecule has 2 aromatic carbocycles. The fourth-order valence-electron chi connectivity index (χ4n) is 3.02. The van der Waals surface area contributed by atoms with Gasteiger partial charge >= 0.3 is 12.4 Å². The van der Waals surface area contributed by atoms with E-state index in [2.05, 4.69) is 4.98 Å². The van der Waals surface area contributed by atoms with Crippen LogP contribution in [0.2, 0.25) is 0 Å². The Labute approximate surface area is 177 Å². The normalized spacial score (nSPS) is 12.8. The number of sulfone groups is 1. The number of fused-ring (bicyclic) bond motifs is 1. The van der Waals surface area contributed by atoms with Crippen LogP contribution in [0.1, 0.15) is 17.0 Å². The fraction of sp³-hybridized carbons (Fsp3) is 0.263. The van der Waals surface area contributed by atoms with Crippen LogP contribution in [0.3, 0.4) is 0 Å². The summed E-state index contributed by atoms with van der Waals surface area (Å²) in [5.41, 5.74) is -3.10. The van der Waals surface area contributed by atoms with E-state index < -0.39 is 57.2 Å². The van der Waals surface area contributed by atoms with Gasteiger partial charge in [0.05, 0.1) is 22.2 Å². The number of rotatable bonds is 5. The average molecular weight is 479 g/mol. The molecule has 1 amide bonds. The minimum absolute atomic E-state index is 0.00359. The van der Waals surface area contributed by atoms with Crippen molar-refractivity contribution < 1.29 is 39.6 Å². The summed E-state index contributed by atoms with van der Waals surface area (Å²) in [7, 11) is -3.55. The molecule has 0 bridgehead atoms. The zero-order chi connectivity index (χ0) is 23.9. The number of para-hydroxylation sites is 2. The molecule has 3 rings (SSSR count). The van der Waals surface area contributed by atoms with Crippen molar-refractivity contribution in [3.05, 3.63) is 59.4 Å². The van der Waals surface area contributed by atoms with Crippen LogP contribution in [-0.2, 0) is 39.3 Å². The predicted molar refractivity (Wildman–Crippen MR) is 103 cm³/mol. The summed E-state index contributed by atoms with van der Waals surface area (Å²) in [4.78, 5) is 16.6. The average Bonchev–Trinajstić information content (AvgIpc) is 2.95. The second kappa shape index (κ2) is 8.11. The lowest BCUT2D eigenvalue weighted by Crippen LogP contribution is -2.22. The van der Waals surface area contributed by atoms with E-state index in [0.29, 0.717) is 23.2 Å². The Kier molecular flexibility index (Phi) is 5.98. The van der Waals surface area contributed by atoms with Crippen molar-refractivity contribution in [1.29, 1.82) is 0 Å². The molecule has 0 atom stereocenters. The third kappa shape index (κ3) is 5.58. The van der Waals surface area contributed by atoms with Gasteiger partial charge in [0.2, 0.25) is 5.91 Å².